The minimum Gasteiger partial charge on any atom is -0.374 e. The molecule has 1 rings (SSSR count). The second-order valence-corrected chi connectivity index (χ2v) is 7.89. The van der Waals surface area contributed by atoms with Gasteiger partial charge < -0.3 is 10.6 Å². The highest BCUT2D eigenvalue weighted by Gasteiger charge is 2.19. The normalized spacial score (nSPS) is 13.2. The van der Waals surface area contributed by atoms with Crippen molar-refractivity contribution >= 4 is 17.6 Å². The number of urea groups is 1. The van der Waals surface area contributed by atoms with Gasteiger partial charge in [-0.25, -0.2) is 4.79 Å². The van der Waals surface area contributed by atoms with Gasteiger partial charge in [-0.1, -0.05) is 32.9 Å². The maximum atomic E-state index is 12.0. The molecule has 1 atom stereocenters. The average Bonchev–Trinajstić information content (AvgIpc) is 2.35. The molecule has 128 valence electrons. The van der Waals surface area contributed by atoms with E-state index in [0.29, 0.717) is 0 Å². The summed E-state index contributed by atoms with van der Waals surface area (Å²) in [4.78, 5) is 23.7. The first-order valence-electron chi connectivity index (χ1n) is 7.88. The number of hydrogen-bond acceptors (Lipinski definition) is 3. The lowest BCUT2D eigenvalue weighted by molar-refractivity contribution is -0.120. The van der Waals surface area contributed by atoms with Gasteiger partial charge in [-0.05, 0) is 50.8 Å². The zero-order valence-corrected chi connectivity index (χ0v) is 15.2. The van der Waals surface area contributed by atoms with Gasteiger partial charge in [0.1, 0.15) is 6.04 Å². The first kappa shape index (κ1) is 19.0. The number of amides is 3. The highest BCUT2D eigenvalue weighted by molar-refractivity contribution is 5.98. The van der Waals surface area contributed by atoms with E-state index >= 15 is 0 Å². The first-order chi connectivity index (χ1) is 10.4. The Morgan fingerprint density at radius 2 is 1.48 bits per heavy atom. The summed E-state index contributed by atoms with van der Waals surface area (Å²) in [5, 5.41) is 8.13. The quantitative estimate of drug-likeness (QED) is 0.799. The Bertz CT molecular complexity index is 551. The predicted molar refractivity (Wildman–Crippen MR) is 94.7 cm³/mol. The fourth-order valence-corrected chi connectivity index (χ4v) is 1.97. The van der Waals surface area contributed by atoms with Gasteiger partial charge in [-0.2, -0.15) is 0 Å². The average molecular weight is 319 g/mol. The van der Waals surface area contributed by atoms with Gasteiger partial charge >= 0.3 is 6.03 Å². The van der Waals surface area contributed by atoms with E-state index in [9.17, 15) is 9.59 Å². The van der Waals surface area contributed by atoms with E-state index < -0.39 is 12.1 Å². The summed E-state index contributed by atoms with van der Waals surface area (Å²) in [5.74, 6) is -0.369. The van der Waals surface area contributed by atoms with E-state index in [-0.39, 0.29) is 16.9 Å². The van der Waals surface area contributed by atoms with Gasteiger partial charge in [0.25, 0.3) is 0 Å². The molecule has 0 saturated carbocycles. The topological polar surface area (TPSA) is 70.2 Å². The van der Waals surface area contributed by atoms with Crippen molar-refractivity contribution < 1.29 is 9.59 Å². The van der Waals surface area contributed by atoms with E-state index in [1.54, 1.807) is 6.92 Å². The molecule has 5 nitrogen and oxygen atoms in total. The van der Waals surface area contributed by atoms with E-state index in [1.165, 1.54) is 5.56 Å². The summed E-state index contributed by atoms with van der Waals surface area (Å²) in [5.41, 5.74) is 1.78. The van der Waals surface area contributed by atoms with Crippen LogP contribution in [0.25, 0.3) is 0 Å². The summed E-state index contributed by atoms with van der Waals surface area (Å²) in [6.07, 6.45) is 0. The SMILES string of the molecule is CC(Nc1ccc(C(C)(C)C)cc1)C(=O)NC(=O)NC(C)(C)C. The van der Waals surface area contributed by atoms with Crippen molar-refractivity contribution in [1.29, 1.82) is 0 Å². The number of carbonyl (C=O) groups is 2. The molecule has 0 fully saturated rings. The lowest BCUT2D eigenvalue weighted by atomic mass is 9.87. The van der Waals surface area contributed by atoms with Crippen LogP contribution >= 0.6 is 0 Å². The third kappa shape index (κ3) is 6.72. The molecule has 0 heterocycles. The van der Waals surface area contributed by atoms with Crippen molar-refractivity contribution in [3.63, 3.8) is 0 Å². The van der Waals surface area contributed by atoms with Crippen molar-refractivity contribution in [3.8, 4) is 0 Å². The molecular formula is C18H29N3O2. The van der Waals surface area contributed by atoms with Crippen molar-refractivity contribution in [3.05, 3.63) is 29.8 Å². The van der Waals surface area contributed by atoms with Crippen LogP contribution in [-0.4, -0.2) is 23.5 Å². The minimum absolute atomic E-state index is 0.0898. The number of rotatable bonds is 3. The molecule has 0 aliphatic heterocycles. The Labute approximate surface area is 139 Å². The minimum atomic E-state index is -0.513. The zero-order chi connectivity index (χ0) is 17.8. The van der Waals surface area contributed by atoms with Gasteiger partial charge in [0, 0.05) is 11.2 Å². The first-order valence-corrected chi connectivity index (χ1v) is 7.88. The number of hydrogen-bond donors (Lipinski definition) is 3. The van der Waals surface area contributed by atoms with Gasteiger partial charge in [0.15, 0.2) is 0 Å². The molecule has 0 radical (unpaired) electrons. The van der Waals surface area contributed by atoms with Crippen LogP contribution in [0.3, 0.4) is 0 Å². The third-order valence-corrected chi connectivity index (χ3v) is 3.25. The maximum absolute atomic E-state index is 12.0. The van der Waals surface area contributed by atoms with E-state index in [4.69, 9.17) is 0 Å². The van der Waals surface area contributed by atoms with Gasteiger partial charge in [0.2, 0.25) is 5.91 Å². The molecule has 0 bridgehead atoms. The summed E-state index contributed by atoms with van der Waals surface area (Å²) in [6, 6.07) is 6.97. The second-order valence-electron chi connectivity index (χ2n) is 7.89. The molecule has 0 aromatic heterocycles. The van der Waals surface area contributed by atoms with Crippen molar-refractivity contribution in [2.75, 3.05) is 5.32 Å². The molecule has 0 aliphatic rings. The standard InChI is InChI=1S/C18H29N3O2/c1-12(15(22)20-16(23)21-18(5,6)7)19-14-10-8-13(9-11-14)17(2,3)4/h8-12,19H,1-7H3,(H2,20,21,22,23). The van der Waals surface area contributed by atoms with E-state index in [2.05, 4.69) is 36.7 Å². The summed E-state index contributed by atoms with van der Waals surface area (Å²) < 4.78 is 0. The molecule has 1 aromatic carbocycles. The van der Waals surface area contributed by atoms with Crippen LogP contribution in [0, 0.1) is 0 Å². The molecule has 1 unspecified atom stereocenters. The van der Waals surface area contributed by atoms with Crippen molar-refractivity contribution in [1.82, 2.24) is 10.6 Å². The van der Waals surface area contributed by atoms with Gasteiger partial charge in [-0.3, -0.25) is 10.1 Å². The third-order valence-electron chi connectivity index (χ3n) is 3.25. The monoisotopic (exact) mass is 319 g/mol. The van der Waals surface area contributed by atoms with Crippen molar-refractivity contribution in [2.45, 2.75) is 65.5 Å². The molecule has 0 saturated heterocycles. The lowest BCUT2D eigenvalue weighted by Gasteiger charge is -2.22. The number of anilines is 1. The van der Waals surface area contributed by atoms with Crippen LogP contribution in [-0.2, 0) is 10.2 Å². The Kier molecular flexibility index (Phi) is 5.81. The molecule has 3 amide bonds. The molecule has 0 spiro atoms. The Morgan fingerprint density at radius 3 is 1.91 bits per heavy atom. The van der Waals surface area contributed by atoms with Gasteiger partial charge in [-0.15, -0.1) is 0 Å². The highest BCUT2D eigenvalue weighted by Crippen LogP contribution is 2.23. The van der Waals surface area contributed by atoms with Crippen LogP contribution in [0.2, 0.25) is 0 Å². The van der Waals surface area contributed by atoms with E-state index in [0.717, 1.165) is 5.69 Å². The Morgan fingerprint density at radius 1 is 0.957 bits per heavy atom. The van der Waals surface area contributed by atoms with Crippen LogP contribution in [0.15, 0.2) is 24.3 Å². The molecule has 3 N–H and O–H groups in total. The molecular weight excluding hydrogens is 290 g/mol. The predicted octanol–water partition coefficient (Wildman–Crippen LogP) is 3.41. The second kappa shape index (κ2) is 7.02. The molecule has 1 aromatic rings. The van der Waals surface area contributed by atoms with Gasteiger partial charge in [0.05, 0.1) is 0 Å². The van der Waals surface area contributed by atoms with Crippen LogP contribution in [0.1, 0.15) is 54.0 Å². The summed E-state index contributed by atoms with van der Waals surface area (Å²) in [7, 11) is 0. The maximum Gasteiger partial charge on any atom is 0.321 e. The highest BCUT2D eigenvalue weighted by atomic mass is 16.2. The Balaban J connectivity index is 2.60. The summed E-state index contributed by atoms with van der Waals surface area (Å²) in [6.45, 7) is 13.7. The molecule has 5 heteroatoms. The smallest absolute Gasteiger partial charge is 0.321 e. The van der Waals surface area contributed by atoms with Crippen LogP contribution in [0.5, 0.6) is 0 Å². The fraction of sp³-hybridized carbons (Fsp3) is 0.556. The zero-order valence-electron chi connectivity index (χ0n) is 15.2. The molecule has 0 aliphatic carbocycles. The summed E-state index contributed by atoms with van der Waals surface area (Å²) >= 11 is 0. The number of carbonyl (C=O) groups excluding carboxylic acids is 2. The molecule has 23 heavy (non-hydrogen) atoms. The van der Waals surface area contributed by atoms with Crippen molar-refractivity contribution in [2.24, 2.45) is 0 Å². The Hall–Kier alpha value is -2.04. The fourth-order valence-electron chi connectivity index (χ4n) is 1.97. The van der Waals surface area contributed by atoms with E-state index in [1.807, 2.05) is 45.0 Å². The number of nitrogens with one attached hydrogen (secondary N) is 3. The number of imide groups is 1. The lowest BCUT2D eigenvalue weighted by Crippen LogP contribution is -2.51. The van der Waals surface area contributed by atoms with Crippen LogP contribution < -0.4 is 16.0 Å². The number of benzene rings is 1. The van der Waals surface area contributed by atoms with Crippen LogP contribution in [0.4, 0.5) is 10.5 Å². The largest absolute Gasteiger partial charge is 0.374 e.